The van der Waals surface area contributed by atoms with E-state index in [0.29, 0.717) is 19.5 Å². The minimum absolute atomic E-state index is 0.0162. The number of methoxy groups -OCH3 is 2. The van der Waals surface area contributed by atoms with E-state index in [2.05, 4.69) is 29.0 Å². The normalized spacial score (nSPS) is 18.9. The molecule has 1 aromatic heterocycles. The number of carbonyl (C=O) groups is 4. The predicted octanol–water partition coefficient (Wildman–Crippen LogP) is 4.63. The lowest BCUT2D eigenvalue weighted by Gasteiger charge is -2.41. The number of nitrogens with two attached hydrogens (primary N) is 1. The summed E-state index contributed by atoms with van der Waals surface area (Å²) in [5.41, 5.74) is 1.15. The Balaban J connectivity index is 2.20. The van der Waals surface area contributed by atoms with Crippen LogP contribution in [0.3, 0.4) is 0 Å². The van der Waals surface area contributed by atoms with Crippen LogP contribution in [-0.2, 0) is 39.9 Å². The number of amides is 2. The second kappa shape index (κ2) is 23.1. The van der Waals surface area contributed by atoms with Crippen LogP contribution in [0.4, 0.5) is 0 Å². The maximum Gasteiger partial charge on any atom is 0.226 e. The average molecular weight is 732 g/mol. The average Bonchev–Trinajstić information content (AvgIpc) is 3.61. The molecule has 0 bridgehead atoms. The van der Waals surface area contributed by atoms with Gasteiger partial charge >= 0.3 is 0 Å². The minimum atomic E-state index is -0.573. The second-order valence-electron chi connectivity index (χ2n) is 15.3. The first kappa shape index (κ1) is 45.4. The Morgan fingerprint density at radius 3 is 2.23 bits per heavy atom. The van der Waals surface area contributed by atoms with Crippen LogP contribution in [0.15, 0.2) is 24.5 Å². The molecule has 2 amide bonds. The fraction of sp³-hybridized carbons (Fsp3) is 0.775. The highest BCUT2D eigenvalue weighted by atomic mass is 16.6. The number of ether oxygens (including phenoxy) is 2. The monoisotopic (exact) mass is 732 g/mol. The SMILES string of the molecule is CC[C@H](C)[C@@H]([C@@H](CC(=O)N1CCC[C@H]1[C@H](OC)[C@@H](C)C(=O)CCCc1ccncc1)OC)N(C)C(=O)[C@@H](CC(=O)[C@@H](NCCON)C(C)C)C(C)C. The smallest absolute Gasteiger partial charge is 0.226 e. The van der Waals surface area contributed by atoms with Crippen molar-refractivity contribution in [3.05, 3.63) is 30.1 Å². The van der Waals surface area contributed by atoms with E-state index in [4.69, 9.17) is 15.4 Å². The largest absolute Gasteiger partial charge is 0.379 e. The molecule has 0 spiro atoms. The third-order valence-electron chi connectivity index (χ3n) is 11.1. The first-order valence-corrected chi connectivity index (χ1v) is 19.3. The summed E-state index contributed by atoms with van der Waals surface area (Å²) < 4.78 is 12.0. The fourth-order valence-corrected chi connectivity index (χ4v) is 7.79. The van der Waals surface area contributed by atoms with E-state index in [1.807, 2.05) is 51.7 Å². The zero-order valence-corrected chi connectivity index (χ0v) is 33.6. The summed E-state index contributed by atoms with van der Waals surface area (Å²) in [4.78, 5) is 67.6. The number of likely N-dealkylation sites (N-methyl/N-ethyl adjacent to an activating group) is 1. The van der Waals surface area contributed by atoms with Gasteiger partial charge < -0.3 is 29.4 Å². The zero-order chi connectivity index (χ0) is 39.0. The Bertz CT molecular complexity index is 1230. The van der Waals surface area contributed by atoms with E-state index in [1.54, 1.807) is 38.6 Å². The van der Waals surface area contributed by atoms with Gasteiger partial charge in [0.15, 0.2) is 5.78 Å². The van der Waals surface area contributed by atoms with Gasteiger partial charge in [-0.1, -0.05) is 54.9 Å². The van der Waals surface area contributed by atoms with Crippen molar-refractivity contribution in [2.24, 2.45) is 35.5 Å². The number of Topliss-reactive ketones (excluding diaryl/α,β-unsaturated/α-hetero) is 2. The maximum absolute atomic E-state index is 14.3. The van der Waals surface area contributed by atoms with Gasteiger partial charge in [0.25, 0.3) is 0 Å². The molecule has 12 heteroatoms. The molecule has 0 radical (unpaired) electrons. The summed E-state index contributed by atoms with van der Waals surface area (Å²) in [7, 11) is 4.98. The van der Waals surface area contributed by atoms with Gasteiger partial charge in [-0.15, -0.1) is 0 Å². The quantitative estimate of drug-likeness (QED) is 0.108. The summed E-state index contributed by atoms with van der Waals surface area (Å²) in [6.45, 7) is 15.2. The highest BCUT2D eigenvalue weighted by Gasteiger charge is 2.43. The molecule has 0 aliphatic carbocycles. The van der Waals surface area contributed by atoms with Gasteiger partial charge in [0, 0.05) is 71.4 Å². The Kier molecular flexibility index (Phi) is 20.2. The van der Waals surface area contributed by atoms with Crippen molar-refractivity contribution in [3.63, 3.8) is 0 Å². The van der Waals surface area contributed by atoms with E-state index < -0.39 is 30.2 Å². The van der Waals surface area contributed by atoms with Crippen LogP contribution in [0.5, 0.6) is 0 Å². The number of aromatic nitrogens is 1. The van der Waals surface area contributed by atoms with Crippen LogP contribution in [0, 0.1) is 29.6 Å². The summed E-state index contributed by atoms with van der Waals surface area (Å²) in [6, 6.07) is 2.87. The van der Waals surface area contributed by atoms with Gasteiger partial charge in [0.2, 0.25) is 11.8 Å². The van der Waals surface area contributed by atoms with Crippen LogP contribution in [0.1, 0.15) is 99.0 Å². The number of aryl methyl sites for hydroxylation is 1. The first-order valence-electron chi connectivity index (χ1n) is 19.3. The van der Waals surface area contributed by atoms with Gasteiger partial charge in [-0.05, 0) is 61.1 Å². The summed E-state index contributed by atoms with van der Waals surface area (Å²) in [6.07, 6.45) is 7.01. The Morgan fingerprint density at radius 2 is 1.67 bits per heavy atom. The number of hydrogen-bond acceptors (Lipinski definition) is 10. The number of pyridine rings is 1. The standard InChI is InChI=1S/C40H69N5O7/c1-11-28(6)38(44(8)40(49)31(26(2)3)24-34(47)37(27(4)5)43-21-23-52-41)35(50-9)25-36(48)45-22-13-15-32(45)39(51-10)29(7)33(46)16-12-14-30-17-19-42-20-18-30/h17-20,26-29,31-32,35,37-39,43H,11-16,21-25,41H2,1-10H3/t28-,29-,31-,32-,35+,37-,38-,39+/m0/s1. The molecule has 1 aliphatic rings. The minimum Gasteiger partial charge on any atom is -0.379 e. The molecule has 1 aromatic rings. The Morgan fingerprint density at radius 1 is 1.00 bits per heavy atom. The maximum atomic E-state index is 14.3. The highest BCUT2D eigenvalue weighted by molar-refractivity contribution is 5.90. The second-order valence-corrected chi connectivity index (χ2v) is 15.3. The molecule has 2 heterocycles. The van der Waals surface area contributed by atoms with Gasteiger partial charge in [-0.3, -0.25) is 24.2 Å². The molecule has 1 aliphatic heterocycles. The molecule has 8 atom stereocenters. The molecular formula is C40H69N5O7. The molecule has 1 fully saturated rings. The predicted molar refractivity (Wildman–Crippen MR) is 203 cm³/mol. The van der Waals surface area contributed by atoms with Gasteiger partial charge in [0.05, 0.1) is 43.4 Å². The van der Waals surface area contributed by atoms with Crippen molar-refractivity contribution in [3.8, 4) is 0 Å². The van der Waals surface area contributed by atoms with E-state index in [1.165, 1.54) is 0 Å². The number of ketones is 2. The van der Waals surface area contributed by atoms with Crippen LogP contribution in [0.2, 0.25) is 0 Å². The van der Waals surface area contributed by atoms with E-state index in [9.17, 15) is 19.2 Å². The molecule has 0 unspecified atom stereocenters. The molecule has 12 nitrogen and oxygen atoms in total. The third kappa shape index (κ3) is 13.0. The lowest BCUT2D eigenvalue weighted by molar-refractivity contribution is -0.149. The van der Waals surface area contributed by atoms with Crippen molar-refractivity contribution >= 4 is 23.4 Å². The molecule has 2 rings (SSSR count). The zero-order valence-electron chi connectivity index (χ0n) is 33.6. The highest BCUT2D eigenvalue weighted by Crippen LogP contribution is 2.31. The van der Waals surface area contributed by atoms with E-state index >= 15 is 0 Å². The number of rotatable bonds is 25. The topological polar surface area (TPSA) is 153 Å². The molecule has 1 saturated heterocycles. The lowest BCUT2D eigenvalue weighted by atomic mass is 9.84. The van der Waals surface area contributed by atoms with Crippen molar-refractivity contribution in [1.29, 1.82) is 0 Å². The summed E-state index contributed by atoms with van der Waals surface area (Å²) >= 11 is 0. The number of hydrogen-bond donors (Lipinski definition) is 2. The third-order valence-corrected chi connectivity index (χ3v) is 11.1. The Hall–Kier alpha value is -2.77. The van der Waals surface area contributed by atoms with Crippen molar-refractivity contribution in [1.82, 2.24) is 20.1 Å². The summed E-state index contributed by atoms with van der Waals surface area (Å²) in [5, 5.41) is 3.23. The first-order chi connectivity index (χ1) is 24.7. The number of likely N-dealkylation sites (tertiary alicyclic amines) is 1. The van der Waals surface area contributed by atoms with E-state index in [-0.39, 0.29) is 72.5 Å². The number of nitrogens with zero attached hydrogens (tertiary/aromatic N) is 3. The molecule has 0 saturated carbocycles. The van der Waals surface area contributed by atoms with Crippen molar-refractivity contribution in [2.45, 2.75) is 130 Å². The number of carbonyl (C=O) groups excluding carboxylic acids is 4. The lowest BCUT2D eigenvalue weighted by Crippen LogP contribution is -2.54. The summed E-state index contributed by atoms with van der Waals surface area (Å²) in [5.74, 6) is 4.11. The Labute approximate surface area is 313 Å². The number of nitrogens with one attached hydrogen (secondary N) is 1. The molecule has 3 N–H and O–H groups in total. The van der Waals surface area contributed by atoms with E-state index in [0.717, 1.165) is 37.7 Å². The van der Waals surface area contributed by atoms with Gasteiger partial charge in [-0.25, -0.2) is 5.90 Å². The van der Waals surface area contributed by atoms with Crippen LogP contribution < -0.4 is 11.2 Å². The van der Waals surface area contributed by atoms with Crippen LogP contribution in [0.25, 0.3) is 0 Å². The van der Waals surface area contributed by atoms with Gasteiger partial charge in [-0.2, -0.15) is 0 Å². The molecule has 52 heavy (non-hydrogen) atoms. The molecular weight excluding hydrogens is 662 g/mol. The molecule has 0 aromatic carbocycles. The van der Waals surface area contributed by atoms with Crippen molar-refractivity contribution in [2.75, 3.05) is 41.0 Å². The fourth-order valence-electron chi connectivity index (χ4n) is 7.79. The van der Waals surface area contributed by atoms with Crippen LogP contribution >= 0.6 is 0 Å². The van der Waals surface area contributed by atoms with Crippen LogP contribution in [-0.4, -0.2) is 109 Å². The van der Waals surface area contributed by atoms with Crippen molar-refractivity contribution < 1.29 is 33.5 Å². The molecule has 296 valence electrons. The van der Waals surface area contributed by atoms with Gasteiger partial charge in [0.1, 0.15) is 5.78 Å².